The number of hydrogen-bond donors (Lipinski definition) is 1. The third-order valence-corrected chi connectivity index (χ3v) is 7.79. The summed E-state index contributed by atoms with van der Waals surface area (Å²) in [4.78, 5) is 24.6. The molecule has 6 rings (SSSR count). The SMILES string of the molecule is CCc1nc2ccccc2n1-c1nc(N2CCOCC2)c2nc([C@@]3(O)CCCN(C(C)C)C3)n(C)c2n1. The smallest absolute Gasteiger partial charge is 0.239 e. The second kappa shape index (κ2) is 9.34. The molecule has 0 amide bonds. The molecular weight excluding hydrogens is 468 g/mol. The molecule has 1 atom stereocenters. The standard InChI is InChI=1S/C27H36N8O2/c1-5-21-28-19-9-6-7-10-20(19)35(21)26-30-23-22(24(31-26)33-13-15-37-16-14-33)29-25(32(23)4)27(36)11-8-12-34(17-27)18(2)3/h6-7,9-10,18,36H,5,8,11-17H2,1-4H3/t27-/m1/s1. The van der Waals surface area contributed by atoms with Crippen LogP contribution in [0.15, 0.2) is 24.3 Å². The molecular formula is C27H36N8O2. The van der Waals surface area contributed by atoms with Gasteiger partial charge in [0.25, 0.3) is 0 Å². The summed E-state index contributed by atoms with van der Waals surface area (Å²) in [5.41, 5.74) is 2.30. The van der Waals surface area contributed by atoms with Crippen LogP contribution in [-0.4, -0.2) is 84.5 Å². The predicted molar refractivity (Wildman–Crippen MR) is 143 cm³/mol. The molecule has 0 unspecified atom stereocenters. The second-order valence-electron chi connectivity index (χ2n) is 10.5. The van der Waals surface area contributed by atoms with Gasteiger partial charge in [0.05, 0.1) is 24.2 Å². The molecule has 4 aromatic rings. The van der Waals surface area contributed by atoms with Crippen LogP contribution < -0.4 is 4.90 Å². The third kappa shape index (κ3) is 4.07. The fourth-order valence-electron chi connectivity index (χ4n) is 5.78. The minimum Gasteiger partial charge on any atom is -0.381 e. The minimum absolute atomic E-state index is 0.360. The zero-order valence-corrected chi connectivity index (χ0v) is 22.2. The van der Waals surface area contributed by atoms with E-state index in [2.05, 4.69) is 41.2 Å². The Bertz CT molecular complexity index is 1440. The number of imidazole rings is 2. The van der Waals surface area contributed by atoms with Crippen molar-refractivity contribution in [1.82, 2.24) is 34.0 Å². The summed E-state index contributed by atoms with van der Waals surface area (Å²) in [6, 6.07) is 8.46. The number of morpholine rings is 1. The van der Waals surface area contributed by atoms with Crippen molar-refractivity contribution in [2.24, 2.45) is 7.05 Å². The normalized spacial score (nSPS) is 21.5. The third-order valence-electron chi connectivity index (χ3n) is 7.79. The van der Waals surface area contributed by atoms with Gasteiger partial charge >= 0.3 is 0 Å². The number of para-hydroxylation sites is 2. The van der Waals surface area contributed by atoms with Crippen LogP contribution >= 0.6 is 0 Å². The molecule has 2 fully saturated rings. The van der Waals surface area contributed by atoms with Gasteiger partial charge in [-0.15, -0.1) is 0 Å². The Morgan fingerprint density at radius 3 is 2.59 bits per heavy atom. The molecule has 10 nitrogen and oxygen atoms in total. The molecule has 0 radical (unpaired) electrons. The second-order valence-corrected chi connectivity index (χ2v) is 10.5. The molecule has 2 aliphatic heterocycles. The van der Waals surface area contributed by atoms with E-state index in [-0.39, 0.29) is 0 Å². The molecule has 0 aliphatic carbocycles. The van der Waals surface area contributed by atoms with Crippen molar-refractivity contribution in [3.8, 4) is 5.95 Å². The fourth-order valence-corrected chi connectivity index (χ4v) is 5.78. The van der Waals surface area contributed by atoms with Crippen molar-refractivity contribution in [3.63, 3.8) is 0 Å². The molecule has 10 heteroatoms. The lowest BCUT2D eigenvalue weighted by molar-refractivity contribution is -0.0523. The highest BCUT2D eigenvalue weighted by atomic mass is 16.5. The topological polar surface area (TPSA) is 97.4 Å². The summed E-state index contributed by atoms with van der Waals surface area (Å²) in [7, 11) is 1.96. The molecule has 5 heterocycles. The van der Waals surface area contributed by atoms with Crippen LogP contribution in [0.4, 0.5) is 5.82 Å². The maximum Gasteiger partial charge on any atom is 0.239 e. The summed E-state index contributed by atoms with van der Waals surface area (Å²) in [6.45, 7) is 10.7. The van der Waals surface area contributed by atoms with Gasteiger partial charge in [-0.2, -0.15) is 9.97 Å². The largest absolute Gasteiger partial charge is 0.381 e. The summed E-state index contributed by atoms with van der Waals surface area (Å²) >= 11 is 0. The molecule has 0 spiro atoms. The molecule has 1 N–H and O–H groups in total. The van der Waals surface area contributed by atoms with E-state index in [1.165, 1.54) is 0 Å². The highest BCUT2D eigenvalue weighted by molar-refractivity contribution is 5.86. The summed E-state index contributed by atoms with van der Waals surface area (Å²) in [6.07, 6.45) is 2.35. The molecule has 2 aliphatic rings. The first-order valence-electron chi connectivity index (χ1n) is 13.4. The Balaban J connectivity index is 1.57. The molecule has 0 saturated carbocycles. The number of rotatable bonds is 5. The maximum absolute atomic E-state index is 11.9. The Labute approximate surface area is 216 Å². The van der Waals surface area contributed by atoms with Crippen molar-refractivity contribution in [3.05, 3.63) is 35.9 Å². The number of β-amino-alcohol motifs (C(OH)–C–C–N with tert-alkyl or cyclic N) is 1. The average molecular weight is 505 g/mol. The predicted octanol–water partition coefficient (Wildman–Crippen LogP) is 2.79. The van der Waals surface area contributed by atoms with Gasteiger partial charge in [0, 0.05) is 39.1 Å². The summed E-state index contributed by atoms with van der Waals surface area (Å²) in [5, 5.41) is 11.9. The van der Waals surface area contributed by atoms with Crippen LogP contribution in [0.5, 0.6) is 0 Å². The molecule has 3 aromatic heterocycles. The monoisotopic (exact) mass is 504 g/mol. The number of piperidine rings is 1. The van der Waals surface area contributed by atoms with Gasteiger partial charge in [0.2, 0.25) is 5.95 Å². The minimum atomic E-state index is -1.04. The number of aromatic nitrogens is 6. The van der Waals surface area contributed by atoms with Crippen molar-refractivity contribution in [2.75, 3.05) is 44.3 Å². The number of nitrogens with zero attached hydrogens (tertiary/aromatic N) is 8. The van der Waals surface area contributed by atoms with E-state index in [1.54, 1.807) is 0 Å². The molecule has 2 saturated heterocycles. The van der Waals surface area contributed by atoms with Gasteiger partial charge in [-0.25, -0.2) is 9.97 Å². The van der Waals surface area contributed by atoms with E-state index < -0.39 is 5.60 Å². The number of aryl methyl sites for hydroxylation is 2. The van der Waals surface area contributed by atoms with E-state index in [4.69, 9.17) is 24.7 Å². The Hall–Kier alpha value is -3.08. The van der Waals surface area contributed by atoms with Crippen LogP contribution in [0, 0.1) is 0 Å². The quantitative estimate of drug-likeness (QED) is 0.443. The Morgan fingerprint density at radius 2 is 1.84 bits per heavy atom. The van der Waals surface area contributed by atoms with Gasteiger partial charge in [-0.05, 0) is 45.4 Å². The summed E-state index contributed by atoms with van der Waals surface area (Å²) in [5.74, 6) is 2.92. The van der Waals surface area contributed by atoms with Gasteiger partial charge < -0.3 is 19.3 Å². The van der Waals surface area contributed by atoms with Crippen LogP contribution in [0.25, 0.3) is 28.1 Å². The average Bonchev–Trinajstić information content (AvgIpc) is 3.46. The lowest BCUT2D eigenvalue weighted by atomic mass is 9.91. The van der Waals surface area contributed by atoms with E-state index in [9.17, 15) is 5.11 Å². The molecule has 37 heavy (non-hydrogen) atoms. The molecule has 1 aromatic carbocycles. The number of ether oxygens (including phenoxy) is 1. The highest BCUT2D eigenvalue weighted by Gasteiger charge is 2.40. The molecule has 0 bridgehead atoms. The Morgan fingerprint density at radius 1 is 1.05 bits per heavy atom. The number of fused-ring (bicyclic) bond motifs is 2. The number of aliphatic hydroxyl groups is 1. The Kier molecular flexibility index (Phi) is 6.13. The van der Waals surface area contributed by atoms with E-state index in [0.29, 0.717) is 44.0 Å². The van der Waals surface area contributed by atoms with Gasteiger partial charge in [-0.1, -0.05) is 19.1 Å². The van der Waals surface area contributed by atoms with Crippen LogP contribution in [0.3, 0.4) is 0 Å². The fraction of sp³-hybridized carbons (Fsp3) is 0.556. The first-order valence-corrected chi connectivity index (χ1v) is 13.4. The lowest BCUT2D eigenvalue weighted by Gasteiger charge is -2.40. The maximum atomic E-state index is 11.9. The van der Waals surface area contributed by atoms with Crippen LogP contribution in [0.1, 0.15) is 45.3 Å². The first-order chi connectivity index (χ1) is 17.9. The van der Waals surface area contributed by atoms with Crippen molar-refractivity contribution in [1.29, 1.82) is 0 Å². The highest BCUT2D eigenvalue weighted by Crippen LogP contribution is 2.35. The lowest BCUT2D eigenvalue weighted by Crippen LogP contribution is -2.49. The van der Waals surface area contributed by atoms with Gasteiger partial charge in [-0.3, -0.25) is 9.47 Å². The first kappa shape index (κ1) is 24.3. The van der Waals surface area contributed by atoms with Gasteiger partial charge in [0.1, 0.15) is 17.2 Å². The van der Waals surface area contributed by atoms with Gasteiger partial charge in [0.15, 0.2) is 17.0 Å². The van der Waals surface area contributed by atoms with E-state index in [1.807, 2.05) is 29.8 Å². The van der Waals surface area contributed by atoms with Crippen molar-refractivity contribution >= 4 is 28.0 Å². The van der Waals surface area contributed by atoms with E-state index >= 15 is 0 Å². The zero-order chi connectivity index (χ0) is 25.7. The van der Waals surface area contributed by atoms with E-state index in [0.717, 1.165) is 66.3 Å². The summed E-state index contributed by atoms with van der Waals surface area (Å²) < 4.78 is 9.66. The van der Waals surface area contributed by atoms with Crippen molar-refractivity contribution < 1.29 is 9.84 Å². The molecule has 196 valence electrons. The number of anilines is 1. The number of likely N-dealkylation sites (tertiary alicyclic amines) is 1. The van der Waals surface area contributed by atoms with Crippen LogP contribution in [-0.2, 0) is 23.8 Å². The zero-order valence-electron chi connectivity index (χ0n) is 22.2. The number of hydrogen-bond acceptors (Lipinski definition) is 8. The van der Waals surface area contributed by atoms with Crippen LogP contribution in [0.2, 0.25) is 0 Å². The number of benzene rings is 1. The van der Waals surface area contributed by atoms with Crippen molar-refractivity contribution in [2.45, 2.75) is 51.7 Å².